The molecule has 0 saturated carbocycles. The number of hydrogen-bond donors (Lipinski definition) is 2. The number of carbonyl (C=O) groups excluding carboxylic acids is 1. The molecule has 2 N–H and O–H groups in total. The molecule has 32 heavy (non-hydrogen) atoms. The van der Waals surface area contributed by atoms with Crippen LogP contribution in [0.3, 0.4) is 0 Å². The third-order valence-corrected chi connectivity index (χ3v) is 7.58. The van der Waals surface area contributed by atoms with Gasteiger partial charge in [-0.3, -0.25) is 9.69 Å². The molecule has 0 spiro atoms. The van der Waals surface area contributed by atoms with Crippen molar-refractivity contribution in [2.75, 3.05) is 18.4 Å². The molecule has 0 aliphatic carbocycles. The third-order valence-electron chi connectivity index (χ3n) is 5.65. The first kappa shape index (κ1) is 21.9. The number of rotatable bonds is 5. The van der Waals surface area contributed by atoms with Crippen LogP contribution in [0.15, 0.2) is 28.7 Å². The van der Waals surface area contributed by atoms with E-state index in [-0.39, 0.29) is 12.5 Å². The van der Waals surface area contributed by atoms with E-state index in [1.807, 2.05) is 6.07 Å². The topological polar surface area (TPSA) is 66.7 Å². The molecule has 2 aromatic heterocycles. The summed E-state index contributed by atoms with van der Waals surface area (Å²) in [5, 5.41) is 8.42. The van der Waals surface area contributed by atoms with Crippen LogP contribution in [0.25, 0.3) is 0 Å². The molecule has 168 valence electrons. The molecule has 1 amide bonds. The van der Waals surface area contributed by atoms with E-state index in [0.717, 1.165) is 36.6 Å². The van der Waals surface area contributed by atoms with E-state index in [0.29, 0.717) is 32.3 Å². The second-order valence-corrected chi connectivity index (χ2v) is 10.0. The zero-order valence-electron chi connectivity index (χ0n) is 17.1. The van der Waals surface area contributed by atoms with Crippen molar-refractivity contribution in [1.29, 1.82) is 0 Å². The van der Waals surface area contributed by atoms with Crippen molar-refractivity contribution in [3.63, 3.8) is 0 Å². The molecule has 1 atom stereocenters. The largest absolute Gasteiger partial charge is 0.483 e. The van der Waals surface area contributed by atoms with E-state index in [1.165, 1.54) is 10.4 Å². The Labute approximate surface area is 204 Å². The number of likely N-dealkylation sites (N-methyl/N-ethyl adjacent to an activating group) is 1. The van der Waals surface area contributed by atoms with Gasteiger partial charge in [-0.2, -0.15) is 0 Å². The van der Waals surface area contributed by atoms with Gasteiger partial charge in [0.15, 0.2) is 11.9 Å². The van der Waals surface area contributed by atoms with Gasteiger partial charge in [-0.1, -0.05) is 41.7 Å². The molecule has 2 aliphatic rings. The molecular weight excluding hydrogens is 493 g/mol. The smallest absolute Gasteiger partial charge is 0.256 e. The van der Waals surface area contributed by atoms with Gasteiger partial charge in [-0.15, -0.1) is 11.3 Å². The number of halogens is 3. The number of anilines is 1. The van der Waals surface area contributed by atoms with Crippen molar-refractivity contribution in [3.05, 3.63) is 66.9 Å². The Hall–Kier alpha value is -1.90. The number of carbonyl (C=O) groups is 1. The van der Waals surface area contributed by atoms with E-state index in [2.05, 4.69) is 22.5 Å². The number of hydrogen-bond acceptors (Lipinski definition) is 6. The van der Waals surface area contributed by atoms with Crippen molar-refractivity contribution in [2.24, 2.45) is 0 Å². The van der Waals surface area contributed by atoms with E-state index < -0.39 is 6.17 Å². The summed E-state index contributed by atoms with van der Waals surface area (Å²) in [6.07, 6.45) is 0.446. The number of furan rings is 1. The van der Waals surface area contributed by atoms with Gasteiger partial charge in [0.1, 0.15) is 23.1 Å². The maximum Gasteiger partial charge on any atom is 0.256 e. The van der Waals surface area contributed by atoms with Crippen LogP contribution in [0.2, 0.25) is 15.1 Å². The highest BCUT2D eigenvalue weighted by molar-refractivity contribution is 7.16. The van der Waals surface area contributed by atoms with Crippen molar-refractivity contribution in [1.82, 2.24) is 10.2 Å². The summed E-state index contributed by atoms with van der Waals surface area (Å²) in [7, 11) is 0. The normalized spacial score (nSPS) is 18.0. The standard InChI is InChI=1S/C22H20Cl3N3O3S/c1-2-28-6-5-13-17(9-28)32-22-18(13)21(29)26-20(27-22)16-4-3-12(31-16)10-30-19-14(24)7-11(23)8-15(19)25/h3-4,7-8,20,27H,2,5-6,9-10H2,1H3,(H,26,29). The molecule has 10 heteroatoms. The molecule has 1 unspecified atom stereocenters. The predicted molar refractivity (Wildman–Crippen MR) is 127 cm³/mol. The number of amides is 1. The summed E-state index contributed by atoms with van der Waals surface area (Å²) in [5.74, 6) is 1.44. The molecular formula is C22H20Cl3N3O3S. The minimum absolute atomic E-state index is 0.0693. The van der Waals surface area contributed by atoms with Crippen LogP contribution >= 0.6 is 46.1 Å². The summed E-state index contributed by atoms with van der Waals surface area (Å²) in [5.41, 5.74) is 1.95. The van der Waals surface area contributed by atoms with Crippen LogP contribution < -0.4 is 15.4 Å². The lowest BCUT2D eigenvalue weighted by Gasteiger charge is -2.27. The molecule has 3 aromatic rings. The number of benzene rings is 1. The third kappa shape index (κ3) is 4.08. The van der Waals surface area contributed by atoms with E-state index in [9.17, 15) is 4.79 Å². The molecule has 2 aliphatic heterocycles. The Morgan fingerprint density at radius 1 is 1.22 bits per heavy atom. The monoisotopic (exact) mass is 511 g/mol. The fourth-order valence-electron chi connectivity index (χ4n) is 4.02. The first-order valence-electron chi connectivity index (χ1n) is 10.2. The lowest BCUT2D eigenvalue weighted by atomic mass is 10.0. The van der Waals surface area contributed by atoms with Crippen LogP contribution in [0.1, 0.15) is 45.4 Å². The molecule has 1 aromatic carbocycles. The molecule has 4 heterocycles. The van der Waals surface area contributed by atoms with E-state index in [1.54, 1.807) is 29.5 Å². The van der Waals surface area contributed by atoms with Crippen LogP contribution in [0.5, 0.6) is 5.75 Å². The fourth-order valence-corrected chi connectivity index (χ4v) is 6.26. The van der Waals surface area contributed by atoms with Gasteiger partial charge in [0, 0.05) is 23.0 Å². The van der Waals surface area contributed by atoms with Gasteiger partial charge in [0.05, 0.1) is 15.6 Å². The van der Waals surface area contributed by atoms with Gasteiger partial charge >= 0.3 is 0 Å². The SMILES string of the molecule is CCN1CCc2c(sc3c2C(=O)NC(c2ccc(COc4c(Cl)cc(Cl)cc4Cl)o2)N3)C1. The zero-order valence-corrected chi connectivity index (χ0v) is 20.2. The Bertz CT molecular complexity index is 1170. The number of nitrogens with one attached hydrogen (secondary N) is 2. The Kier molecular flexibility index (Phi) is 6.03. The average Bonchev–Trinajstić information content (AvgIpc) is 3.36. The Morgan fingerprint density at radius 2 is 2.00 bits per heavy atom. The van der Waals surface area contributed by atoms with Crippen molar-refractivity contribution >= 4 is 57.0 Å². The minimum atomic E-state index is -0.450. The highest BCUT2D eigenvalue weighted by atomic mass is 35.5. The van der Waals surface area contributed by atoms with Gasteiger partial charge < -0.3 is 19.8 Å². The number of fused-ring (bicyclic) bond motifs is 3. The lowest BCUT2D eigenvalue weighted by molar-refractivity contribution is 0.0929. The molecule has 0 bridgehead atoms. The fraction of sp³-hybridized carbons (Fsp3) is 0.318. The second kappa shape index (κ2) is 8.80. The van der Waals surface area contributed by atoms with Crippen LogP contribution in [0, 0.1) is 0 Å². The number of nitrogens with zero attached hydrogens (tertiary/aromatic N) is 1. The Balaban J connectivity index is 1.31. The highest BCUT2D eigenvalue weighted by Crippen LogP contribution is 2.41. The van der Waals surface area contributed by atoms with Gasteiger partial charge in [-0.05, 0) is 42.8 Å². The summed E-state index contributed by atoms with van der Waals surface area (Å²) < 4.78 is 11.7. The quantitative estimate of drug-likeness (QED) is 0.431. The predicted octanol–water partition coefficient (Wildman–Crippen LogP) is 6.11. The van der Waals surface area contributed by atoms with Crippen molar-refractivity contribution in [2.45, 2.75) is 32.7 Å². The summed E-state index contributed by atoms with van der Waals surface area (Å²) in [6, 6.07) is 6.75. The minimum Gasteiger partial charge on any atom is -0.483 e. The van der Waals surface area contributed by atoms with E-state index in [4.69, 9.17) is 44.0 Å². The van der Waals surface area contributed by atoms with Gasteiger partial charge in [-0.25, -0.2) is 0 Å². The van der Waals surface area contributed by atoms with E-state index >= 15 is 0 Å². The van der Waals surface area contributed by atoms with Crippen molar-refractivity contribution < 1.29 is 13.9 Å². The molecule has 5 rings (SSSR count). The molecule has 6 nitrogen and oxygen atoms in total. The van der Waals surface area contributed by atoms with Gasteiger partial charge in [0.2, 0.25) is 0 Å². The number of ether oxygens (including phenoxy) is 1. The number of thiophene rings is 1. The van der Waals surface area contributed by atoms with Crippen LogP contribution in [-0.2, 0) is 19.6 Å². The first-order chi connectivity index (χ1) is 15.4. The highest BCUT2D eigenvalue weighted by Gasteiger charge is 2.34. The lowest BCUT2D eigenvalue weighted by Crippen LogP contribution is -2.38. The van der Waals surface area contributed by atoms with Crippen molar-refractivity contribution in [3.8, 4) is 5.75 Å². The summed E-state index contributed by atoms with van der Waals surface area (Å²) in [6.45, 7) is 5.17. The maximum atomic E-state index is 12.9. The molecule has 0 fully saturated rings. The van der Waals surface area contributed by atoms with Crippen LogP contribution in [-0.4, -0.2) is 23.9 Å². The first-order valence-corrected chi connectivity index (χ1v) is 12.2. The molecule has 0 radical (unpaired) electrons. The molecule has 0 saturated heterocycles. The summed E-state index contributed by atoms with van der Waals surface area (Å²) in [4.78, 5) is 16.6. The summed E-state index contributed by atoms with van der Waals surface area (Å²) >= 11 is 19.9. The Morgan fingerprint density at radius 3 is 2.75 bits per heavy atom. The maximum absolute atomic E-state index is 12.9. The zero-order chi connectivity index (χ0) is 22.4. The van der Waals surface area contributed by atoms with Crippen LogP contribution in [0.4, 0.5) is 5.00 Å². The van der Waals surface area contributed by atoms with Gasteiger partial charge in [0.25, 0.3) is 5.91 Å². The second-order valence-electron chi connectivity index (χ2n) is 7.67. The average molecular weight is 513 g/mol.